The minimum atomic E-state index is -3.60. The van der Waals surface area contributed by atoms with Gasteiger partial charge >= 0.3 is 0 Å². The number of aliphatic imine (C=N–C) groups is 1. The summed E-state index contributed by atoms with van der Waals surface area (Å²) in [4.78, 5) is 3.60. The first-order chi connectivity index (χ1) is 6.25. The maximum atomic E-state index is 11.3. The monoisotopic (exact) mass is 296 g/mol. The standard InChI is InChI=1S/C5H4Cl4N2O2S/c1-14(12,13)4-2(6)3(7)10-5(8)11(4)9/h5H,1H3. The van der Waals surface area contributed by atoms with Gasteiger partial charge in [0.05, 0.1) is 0 Å². The quantitative estimate of drug-likeness (QED) is 0.423. The number of hydrogen-bond donors (Lipinski definition) is 0. The van der Waals surface area contributed by atoms with E-state index in [0.29, 0.717) is 4.42 Å². The summed E-state index contributed by atoms with van der Waals surface area (Å²) in [5.41, 5.74) is -1.09. The third-order valence-electron chi connectivity index (χ3n) is 1.32. The predicted octanol–water partition coefficient (Wildman–Crippen LogP) is 2.07. The normalized spacial score (nSPS) is 23.9. The van der Waals surface area contributed by atoms with Gasteiger partial charge < -0.3 is 0 Å². The van der Waals surface area contributed by atoms with Gasteiger partial charge in [-0.2, -0.15) is 0 Å². The number of hydrogen-bond acceptors (Lipinski definition) is 4. The van der Waals surface area contributed by atoms with Crippen molar-refractivity contribution in [3.8, 4) is 0 Å². The molecule has 80 valence electrons. The Morgan fingerprint density at radius 3 is 2.36 bits per heavy atom. The summed E-state index contributed by atoms with van der Waals surface area (Å²) in [6.07, 6.45) is 0.944. The molecule has 0 saturated carbocycles. The molecule has 0 aromatic carbocycles. The van der Waals surface area contributed by atoms with Crippen molar-refractivity contribution in [2.45, 2.75) is 5.62 Å². The molecule has 0 radical (unpaired) electrons. The number of nitrogens with zero attached hydrogens (tertiary/aromatic N) is 2. The van der Waals surface area contributed by atoms with E-state index in [2.05, 4.69) is 4.99 Å². The summed E-state index contributed by atoms with van der Waals surface area (Å²) < 4.78 is 23.2. The fraction of sp³-hybridized carbons (Fsp3) is 0.400. The maximum absolute atomic E-state index is 11.3. The highest BCUT2D eigenvalue weighted by Gasteiger charge is 2.32. The minimum absolute atomic E-state index is 0.177. The van der Waals surface area contributed by atoms with Gasteiger partial charge in [0.2, 0.25) is 5.62 Å². The average Bonchev–Trinajstić information content (AvgIpc) is 1.98. The molecule has 1 atom stereocenters. The smallest absolute Gasteiger partial charge is 0.213 e. The molecule has 0 aromatic rings. The van der Waals surface area contributed by atoms with Crippen LogP contribution in [0, 0.1) is 0 Å². The Morgan fingerprint density at radius 2 is 1.93 bits per heavy atom. The molecule has 14 heavy (non-hydrogen) atoms. The first-order valence-electron chi connectivity index (χ1n) is 3.17. The molecule has 1 aliphatic heterocycles. The van der Waals surface area contributed by atoms with Crippen molar-refractivity contribution < 1.29 is 8.42 Å². The number of allylic oxidation sites excluding steroid dienone is 1. The third-order valence-corrected chi connectivity index (χ3v) is 4.12. The van der Waals surface area contributed by atoms with E-state index in [1.807, 2.05) is 0 Å². The summed E-state index contributed by atoms with van der Waals surface area (Å²) in [5, 5.41) is -0.758. The van der Waals surface area contributed by atoms with E-state index in [4.69, 9.17) is 46.6 Å². The molecule has 0 spiro atoms. The van der Waals surface area contributed by atoms with Crippen molar-refractivity contribution in [3.63, 3.8) is 0 Å². The molecular formula is C5H4Cl4N2O2S. The van der Waals surface area contributed by atoms with E-state index in [1.54, 1.807) is 0 Å². The lowest BCUT2D eigenvalue weighted by atomic mass is 10.6. The topological polar surface area (TPSA) is 49.7 Å². The van der Waals surface area contributed by atoms with Crippen LogP contribution in [0.2, 0.25) is 0 Å². The maximum Gasteiger partial charge on any atom is 0.213 e. The Bertz CT molecular complexity index is 415. The molecule has 9 heteroatoms. The Morgan fingerprint density at radius 1 is 1.43 bits per heavy atom. The number of sulfone groups is 1. The van der Waals surface area contributed by atoms with Crippen LogP contribution in [0.1, 0.15) is 0 Å². The summed E-state index contributed by atoms with van der Waals surface area (Å²) in [6.45, 7) is 0. The predicted molar refractivity (Wildman–Crippen MR) is 58.3 cm³/mol. The zero-order valence-corrected chi connectivity index (χ0v) is 10.5. The van der Waals surface area contributed by atoms with Crippen LogP contribution in [0.15, 0.2) is 15.1 Å². The third kappa shape index (κ3) is 2.28. The number of alkyl halides is 1. The van der Waals surface area contributed by atoms with Crippen LogP contribution in [0.4, 0.5) is 0 Å². The number of rotatable bonds is 1. The van der Waals surface area contributed by atoms with Crippen LogP contribution in [0.25, 0.3) is 0 Å². The van der Waals surface area contributed by atoms with Crippen LogP contribution >= 0.6 is 46.6 Å². The molecule has 1 unspecified atom stereocenters. The molecule has 1 aliphatic rings. The van der Waals surface area contributed by atoms with Crippen LogP contribution in [0.5, 0.6) is 0 Å². The van der Waals surface area contributed by atoms with E-state index < -0.39 is 15.5 Å². The molecule has 0 aromatic heterocycles. The molecular weight excluding hydrogens is 294 g/mol. The molecule has 0 N–H and O–H groups in total. The zero-order chi connectivity index (χ0) is 11.1. The highest BCUT2D eigenvalue weighted by molar-refractivity contribution is 7.94. The van der Waals surface area contributed by atoms with Gasteiger partial charge in [-0.1, -0.05) is 34.8 Å². The molecule has 0 aliphatic carbocycles. The molecule has 0 bridgehead atoms. The minimum Gasteiger partial charge on any atom is -0.235 e. The van der Waals surface area contributed by atoms with Crippen molar-refractivity contribution in [1.29, 1.82) is 0 Å². The second-order valence-electron chi connectivity index (χ2n) is 2.43. The Hall–Kier alpha value is 0.320. The SMILES string of the molecule is CS(=O)(=O)C1=C(Cl)C(Cl)=NC(Cl)N1Cl. The van der Waals surface area contributed by atoms with E-state index in [1.165, 1.54) is 0 Å². The van der Waals surface area contributed by atoms with E-state index in [-0.39, 0.29) is 15.2 Å². The van der Waals surface area contributed by atoms with E-state index in [0.717, 1.165) is 6.26 Å². The Kier molecular flexibility index (Phi) is 3.59. The average molecular weight is 298 g/mol. The van der Waals surface area contributed by atoms with Crippen LogP contribution < -0.4 is 0 Å². The highest BCUT2D eigenvalue weighted by atomic mass is 35.5. The fourth-order valence-electron chi connectivity index (χ4n) is 0.801. The van der Waals surface area contributed by atoms with Crippen LogP contribution in [0.3, 0.4) is 0 Å². The second-order valence-corrected chi connectivity index (χ2v) is 5.85. The molecule has 0 fully saturated rings. The lowest BCUT2D eigenvalue weighted by molar-refractivity contribution is 0.528. The summed E-state index contributed by atoms with van der Waals surface area (Å²) >= 11 is 22.4. The van der Waals surface area contributed by atoms with Gasteiger partial charge in [-0.15, -0.1) is 0 Å². The van der Waals surface area contributed by atoms with Crippen molar-refractivity contribution >= 4 is 61.6 Å². The zero-order valence-electron chi connectivity index (χ0n) is 6.71. The molecule has 0 amide bonds. The Labute approximate surface area is 101 Å². The summed E-state index contributed by atoms with van der Waals surface area (Å²) in [7, 11) is -3.60. The summed E-state index contributed by atoms with van der Waals surface area (Å²) in [5.74, 6) is 0. The molecule has 1 heterocycles. The van der Waals surface area contributed by atoms with Crippen molar-refractivity contribution in [1.82, 2.24) is 4.42 Å². The van der Waals surface area contributed by atoms with Gasteiger partial charge in [0.25, 0.3) is 0 Å². The van der Waals surface area contributed by atoms with Gasteiger partial charge in [-0.05, 0) is 0 Å². The molecule has 0 saturated heterocycles. The summed E-state index contributed by atoms with van der Waals surface area (Å²) in [6, 6.07) is 0. The molecule has 4 nitrogen and oxygen atoms in total. The van der Waals surface area contributed by atoms with Gasteiger partial charge in [0.1, 0.15) is 10.2 Å². The van der Waals surface area contributed by atoms with Crippen LogP contribution in [-0.2, 0) is 9.84 Å². The molecule has 1 rings (SSSR count). The van der Waals surface area contributed by atoms with Crippen molar-refractivity contribution in [3.05, 3.63) is 10.1 Å². The first kappa shape index (κ1) is 12.4. The van der Waals surface area contributed by atoms with E-state index in [9.17, 15) is 8.42 Å². The van der Waals surface area contributed by atoms with Crippen molar-refractivity contribution in [2.75, 3.05) is 6.26 Å². The Balaban J connectivity index is 3.37. The fourth-order valence-corrected chi connectivity index (χ4v) is 3.29. The van der Waals surface area contributed by atoms with Crippen molar-refractivity contribution in [2.24, 2.45) is 4.99 Å². The van der Waals surface area contributed by atoms with E-state index >= 15 is 0 Å². The lowest BCUT2D eigenvalue weighted by Crippen LogP contribution is -2.30. The van der Waals surface area contributed by atoms with Gasteiger partial charge in [0.15, 0.2) is 14.9 Å². The largest absolute Gasteiger partial charge is 0.235 e. The van der Waals surface area contributed by atoms with Gasteiger partial charge in [0, 0.05) is 18.0 Å². The highest BCUT2D eigenvalue weighted by Crippen LogP contribution is 2.32. The van der Waals surface area contributed by atoms with Crippen LogP contribution in [-0.4, -0.2) is 29.9 Å². The number of halogens is 4. The van der Waals surface area contributed by atoms with Gasteiger partial charge in [-0.3, -0.25) is 0 Å². The second kappa shape index (κ2) is 4.06. The first-order valence-corrected chi connectivity index (χ1v) is 6.60. The lowest BCUT2D eigenvalue weighted by Gasteiger charge is -2.25. The van der Waals surface area contributed by atoms with Gasteiger partial charge in [-0.25, -0.2) is 17.8 Å².